The molecule has 0 unspecified atom stereocenters. The number of amides is 1. The molecule has 1 N–H and O–H groups in total. The van der Waals surface area contributed by atoms with Gasteiger partial charge in [-0.1, -0.05) is 42.6 Å². The molecule has 6 heteroatoms. The normalized spacial score (nSPS) is 15.9. The number of carbonyl (C=O) groups is 1. The summed E-state index contributed by atoms with van der Waals surface area (Å²) < 4.78 is 2.00. The van der Waals surface area contributed by atoms with Crippen LogP contribution < -0.4 is 5.32 Å². The lowest BCUT2D eigenvalue weighted by atomic mass is 9.89. The standard InChI is InChI=1S/C17H22ClN3OS/c1-21-15-8-7-13(18)9-14(15)20-17(21)23-11-16(22)19-10-12-5-3-2-4-6-12/h7-9,12H,2-6,10-11H2,1H3,(H,19,22). The molecule has 0 atom stereocenters. The number of aromatic nitrogens is 2. The number of halogens is 1. The Kier molecular flexibility index (Phi) is 5.49. The number of fused-ring (bicyclic) bond motifs is 1. The van der Waals surface area contributed by atoms with Gasteiger partial charge in [-0.25, -0.2) is 4.98 Å². The highest BCUT2D eigenvalue weighted by Gasteiger charge is 2.15. The zero-order valence-electron chi connectivity index (χ0n) is 13.3. The summed E-state index contributed by atoms with van der Waals surface area (Å²) in [5.74, 6) is 1.15. The predicted molar refractivity (Wildman–Crippen MR) is 96.0 cm³/mol. The van der Waals surface area contributed by atoms with Crippen LogP contribution in [0.25, 0.3) is 11.0 Å². The maximum absolute atomic E-state index is 12.0. The summed E-state index contributed by atoms with van der Waals surface area (Å²) >= 11 is 7.47. The summed E-state index contributed by atoms with van der Waals surface area (Å²) in [5.41, 5.74) is 1.89. The smallest absolute Gasteiger partial charge is 0.230 e. The molecular weight excluding hydrogens is 330 g/mol. The third kappa shape index (κ3) is 4.21. The van der Waals surface area contributed by atoms with Crippen molar-refractivity contribution in [2.75, 3.05) is 12.3 Å². The first-order chi connectivity index (χ1) is 11.1. The maximum Gasteiger partial charge on any atom is 0.230 e. The molecule has 1 heterocycles. The number of rotatable bonds is 5. The lowest BCUT2D eigenvalue weighted by molar-refractivity contribution is -0.118. The average molecular weight is 352 g/mol. The predicted octanol–water partition coefficient (Wildman–Crippen LogP) is 4.02. The van der Waals surface area contributed by atoms with Crippen molar-refractivity contribution in [1.29, 1.82) is 0 Å². The van der Waals surface area contributed by atoms with Gasteiger partial charge >= 0.3 is 0 Å². The Morgan fingerprint density at radius 1 is 1.39 bits per heavy atom. The minimum Gasteiger partial charge on any atom is -0.355 e. The molecule has 23 heavy (non-hydrogen) atoms. The van der Waals surface area contributed by atoms with Gasteiger partial charge in [0.05, 0.1) is 16.8 Å². The van der Waals surface area contributed by atoms with Gasteiger partial charge in [0.2, 0.25) is 5.91 Å². The minimum atomic E-state index is 0.0886. The second-order valence-electron chi connectivity index (χ2n) is 6.18. The molecule has 4 nitrogen and oxygen atoms in total. The van der Waals surface area contributed by atoms with Crippen molar-refractivity contribution in [1.82, 2.24) is 14.9 Å². The summed E-state index contributed by atoms with van der Waals surface area (Å²) in [6.07, 6.45) is 6.45. The highest BCUT2D eigenvalue weighted by Crippen LogP contribution is 2.25. The van der Waals surface area contributed by atoms with Gasteiger partial charge in [-0.15, -0.1) is 0 Å². The van der Waals surface area contributed by atoms with Gasteiger partial charge < -0.3 is 9.88 Å². The van der Waals surface area contributed by atoms with E-state index in [1.54, 1.807) is 0 Å². The molecule has 0 saturated heterocycles. The van der Waals surface area contributed by atoms with E-state index in [1.807, 2.05) is 29.8 Å². The van der Waals surface area contributed by atoms with Crippen molar-refractivity contribution in [3.05, 3.63) is 23.2 Å². The first kappa shape index (κ1) is 16.7. The number of imidazole rings is 1. The monoisotopic (exact) mass is 351 g/mol. The molecule has 1 aromatic heterocycles. The van der Waals surface area contributed by atoms with Crippen LogP contribution in [0.4, 0.5) is 0 Å². The zero-order valence-corrected chi connectivity index (χ0v) is 14.9. The van der Waals surface area contributed by atoms with Gasteiger partial charge in [-0.3, -0.25) is 4.79 Å². The van der Waals surface area contributed by atoms with Crippen LogP contribution in [0.5, 0.6) is 0 Å². The number of aryl methyl sites for hydroxylation is 1. The Bertz CT molecular complexity index is 694. The zero-order chi connectivity index (χ0) is 16.2. The molecule has 0 aliphatic heterocycles. The second kappa shape index (κ2) is 7.58. The molecule has 124 valence electrons. The second-order valence-corrected chi connectivity index (χ2v) is 7.56. The quantitative estimate of drug-likeness (QED) is 0.828. The molecule has 1 aliphatic carbocycles. The third-order valence-corrected chi connectivity index (χ3v) is 5.71. The van der Waals surface area contributed by atoms with E-state index < -0.39 is 0 Å². The van der Waals surface area contributed by atoms with Crippen molar-refractivity contribution in [3.8, 4) is 0 Å². The van der Waals surface area contributed by atoms with Crippen LogP contribution >= 0.6 is 23.4 Å². The third-order valence-electron chi connectivity index (χ3n) is 4.45. The fraction of sp³-hybridized carbons (Fsp3) is 0.529. The number of hydrogen-bond donors (Lipinski definition) is 1. The Hall–Kier alpha value is -1.20. The van der Waals surface area contributed by atoms with Gasteiger partial charge in [-0.2, -0.15) is 0 Å². The van der Waals surface area contributed by atoms with Gasteiger partial charge in [-0.05, 0) is 37.0 Å². The van der Waals surface area contributed by atoms with Crippen LogP contribution in [0.15, 0.2) is 23.4 Å². The summed E-state index contributed by atoms with van der Waals surface area (Å²) in [6, 6.07) is 5.67. The molecule has 1 amide bonds. The van der Waals surface area contributed by atoms with E-state index in [0.717, 1.165) is 22.7 Å². The lowest BCUT2D eigenvalue weighted by Crippen LogP contribution is -2.31. The summed E-state index contributed by atoms with van der Waals surface area (Å²) in [4.78, 5) is 16.6. The number of thioether (sulfide) groups is 1. The van der Waals surface area contributed by atoms with E-state index in [1.165, 1.54) is 43.9 Å². The van der Waals surface area contributed by atoms with E-state index in [0.29, 0.717) is 16.7 Å². The maximum atomic E-state index is 12.0. The minimum absolute atomic E-state index is 0.0886. The van der Waals surface area contributed by atoms with E-state index >= 15 is 0 Å². The molecule has 2 aromatic rings. The van der Waals surface area contributed by atoms with Crippen LogP contribution in [0.3, 0.4) is 0 Å². The lowest BCUT2D eigenvalue weighted by Gasteiger charge is -2.21. The SMILES string of the molecule is Cn1c(SCC(=O)NCC2CCCCC2)nc2cc(Cl)ccc21. The average Bonchev–Trinajstić information content (AvgIpc) is 2.87. The molecule has 1 saturated carbocycles. The molecule has 1 aromatic carbocycles. The van der Waals surface area contributed by atoms with E-state index in [4.69, 9.17) is 11.6 Å². The van der Waals surface area contributed by atoms with Gasteiger partial charge in [0, 0.05) is 18.6 Å². The highest BCUT2D eigenvalue weighted by molar-refractivity contribution is 7.99. The molecule has 0 bridgehead atoms. The number of hydrogen-bond acceptors (Lipinski definition) is 3. The first-order valence-corrected chi connectivity index (χ1v) is 9.51. The fourth-order valence-electron chi connectivity index (χ4n) is 3.11. The molecule has 3 rings (SSSR count). The van der Waals surface area contributed by atoms with Gasteiger partial charge in [0.15, 0.2) is 5.16 Å². The van der Waals surface area contributed by atoms with E-state index in [2.05, 4.69) is 10.3 Å². The van der Waals surface area contributed by atoms with Gasteiger partial charge in [0.1, 0.15) is 0 Å². The van der Waals surface area contributed by atoms with Crippen molar-refractivity contribution < 1.29 is 4.79 Å². The van der Waals surface area contributed by atoms with Crippen LogP contribution in [-0.2, 0) is 11.8 Å². The van der Waals surface area contributed by atoms with E-state index in [9.17, 15) is 4.79 Å². The topological polar surface area (TPSA) is 46.9 Å². The molecule has 0 spiro atoms. The molecule has 1 aliphatic rings. The largest absolute Gasteiger partial charge is 0.355 e. The Morgan fingerprint density at radius 2 is 2.17 bits per heavy atom. The van der Waals surface area contributed by atoms with Crippen molar-refractivity contribution >= 4 is 40.3 Å². The number of nitrogens with one attached hydrogen (secondary N) is 1. The number of carbonyl (C=O) groups excluding carboxylic acids is 1. The van der Waals surface area contributed by atoms with Crippen LogP contribution in [-0.4, -0.2) is 27.8 Å². The highest BCUT2D eigenvalue weighted by atomic mass is 35.5. The van der Waals surface area contributed by atoms with Gasteiger partial charge in [0.25, 0.3) is 0 Å². The van der Waals surface area contributed by atoms with E-state index in [-0.39, 0.29) is 5.91 Å². The Balaban J connectivity index is 1.53. The summed E-state index contributed by atoms with van der Waals surface area (Å²) in [5, 5.41) is 4.59. The number of benzene rings is 1. The van der Waals surface area contributed by atoms with Crippen molar-refractivity contribution in [3.63, 3.8) is 0 Å². The molecule has 0 radical (unpaired) electrons. The Labute approximate surface area is 146 Å². The van der Waals surface area contributed by atoms with Crippen LogP contribution in [0.1, 0.15) is 32.1 Å². The summed E-state index contributed by atoms with van der Waals surface area (Å²) in [6.45, 7) is 0.817. The first-order valence-electron chi connectivity index (χ1n) is 8.15. The Morgan fingerprint density at radius 3 is 2.96 bits per heavy atom. The van der Waals surface area contributed by atoms with Crippen LogP contribution in [0, 0.1) is 5.92 Å². The van der Waals surface area contributed by atoms with Crippen molar-refractivity contribution in [2.24, 2.45) is 13.0 Å². The summed E-state index contributed by atoms with van der Waals surface area (Å²) in [7, 11) is 1.96. The molecular formula is C17H22ClN3OS. The fourth-order valence-corrected chi connectivity index (χ4v) is 4.09. The van der Waals surface area contributed by atoms with Crippen molar-refractivity contribution in [2.45, 2.75) is 37.3 Å². The molecule has 1 fully saturated rings. The van der Waals surface area contributed by atoms with Crippen LogP contribution in [0.2, 0.25) is 5.02 Å². The number of nitrogens with zero attached hydrogens (tertiary/aromatic N) is 2.